The van der Waals surface area contributed by atoms with E-state index in [0.717, 1.165) is 58.0 Å². The molecule has 0 aliphatic heterocycles. The van der Waals surface area contributed by atoms with E-state index in [1.807, 2.05) is 31.5 Å². The molecule has 0 aliphatic carbocycles. The zero-order chi connectivity index (χ0) is 21.4. The summed E-state index contributed by atoms with van der Waals surface area (Å²) < 4.78 is 12.6. The molecule has 0 aliphatic rings. The van der Waals surface area contributed by atoms with Crippen LogP contribution in [0.15, 0.2) is 17.5 Å². The van der Waals surface area contributed by atoms with Gasteiger partial charge in [-0.15, -0.1) is 11.3 Å². The molecule has 1 N–H and O–H groups in total. The summed E-state index contributed by atoms with van der Waals surface area (Å²) in [7, 11) is 1.82. The Morgan fingerprint density at radius 1 is 1.24 bits per heavy atom. The van der Waals surface area contributed by atoms with E-state index in [2.05, 4.69) is 43.6 Å². The zero-order valence-corrected chi connectivity index (χ0v) is 19.7. The van der Waals surface area contributed by atoms with Crippen LogP contribution in [0.5, 0.6) is 5.75 Å². The number of benzene rings is 1. The monoisotopic (exact) mass is 436 g/mol. The summed E-state index contributed by atoms with van der Waals surface area (Å²) in [5.41, 5.74) is 2.70. The Morgan fingerprint density at radius 2 is 1.97 bits per heavy atom. The molecular weight excluding hydrogens is 404 g/mol. The van der Waals surface area contributed by atoms with Crippen LogP contribution in [-0.2, 0) is 4.74 Å². The molecule has 29 heavy (non-hydrogen) atoms. The van der Waals surface area contributed by atoms with Crippen LogP contribution < -0.4 is 10.1 Å². The Kier molecular flexibility index (Phi) is 9.33. The van der Waals surface area contributed by atoms with Crippen molar-refractivity contribution in [3.8, 4) is 5.75 Å². The van der Waals surface area contributed by atoms with Gasteiger partial charge in [0.2, 0.25) is 0 Å². The minimum atomic E-state index is -0.314. The third kappa shape index (κ3) is 5.27. The van der Waals surface area contributed by atoms with E-state index in [1.165, 1.54) is 11.3 Å². The molecule has 160 valence electrons. The number of hydrogen-bond acceptors (Lipinski definition) is 7. The van der Waals surface area contributed by atoms with Crippen LogP contribution in [0.1, 0.15) is 50.0 Å². The van der Waals surface area contributed by atoms with Crippen LogP contribution >= 0.6 is 24.0 Å². The number of anilines is 1. The molecule has 5 nitrogen and oxygen atoms in total. The second-order valence-corrected chi connectivity index (χ2v) is 7.76. The lowest BCUT2D eigenvalue weighted by atomic mass is 10.0. The van der Waals surface area contributed by atoms with Crippen LogP contribution in [0.2, 0.25) is 0 Å². The molecule has 7 heteroatoms. The zero-order valence-electron chi connectivity index (χ0n) is 18.0. The summed E-state index contributed by atoms with van der Waals surface area (Å²) in [5, 5.41) is 6.62. The van der Waals surface area contributed by atoms with Crippen molar-refractivity contribution in [2.24, 2.45) is 0 Å². The smallest absolute Gasteiger partial charge is 0.341 e. The minimum absolute atomic E-state index is 0.314. The molecule has 0 unspecified atom stereocenters. The maximum absolute atomic E-state index is 12.6. The number of nitrogens with zero attached hydrogens (tertiary/aromatic N) is 1. The number of fused-ring (bicyclic) bond motifs is 1. The normalized spacial score (nSPS) is 11.9. The van der Waals surface area contributed by atoms with Crippen LogP contribution in [0.25, 0.3) is 15.7 Å². The van der Waals surface area contributed by atoms with E-state index in [9.17, 15) is 4.79 Å². The Morgan fingerprint density at radius 3 is 2.52 bits per heavy atom. The first kappa shape index (κ1) is 23.6. The third-order valence-corrected chi connectivity index (χ3v) is 6.48. The lowest BCUT2D eigenvalue weighted by Crippen LogP contribution is -2.28. The summed E-state index contributed by atoms with van der Waals surface area (Å²) in [6.45, 7) is 12.0. The van der Waals surface area contributed by atoms with Crippen molar-refractivity contribution in [1.82, 2.24) is 4.90 Å². The number of thiophene rings is 1. The fraction of sp³-hybridized carbons (Fsp3) is 0.500. The molecule has 2 aromatic rings. The van der Waals surface area contributed by atoms with E-state index < -0.39 is 0 Å². The Bertz CT molecular complexity index is 857. The second kappa shape index (κ2) is 11.5. The first-order valence-corrected chi connectivity index (χ1v) is 11.5. The number of carbonyl (C=O) groups excluding carboxylic acids is 1. The molecule has 0 spiro atoms. The molecule has 1 aromatic carbocycles. The van der Waals surface area contributed by atoms with Gasteiger partial charge in [-0.2, -0.15) is 12.6 Å². The van der Waals surface area contributed by atoms with Crippen molar-refractivity contribution in [2.45, 2.75) is 34.1 Å². The first-order chi connectivity index (χ1) is 14.1. The molecule has 0 bridgehead atoms. The minimum Gasteiger partial charge on any atom is -0.490 e. The van der Waals surface area contributed by atoms with Crippen LogP contribution in [0.4, 0.5) is 5.00 Å². The number of nitrogens with one attached hydrogen (secondary N) is 1. The van der Waals surface area contributed by atoms with Crippen LogP contribution in [-0.4, -0.2) is 50.8 Å². The summed E-state index contributed by atoms with van der Waals surface area (Å²) in [6.07, 6.45) is 0.844. The van der Waals surface area contributed by atoms with Crippen molar-refractivity contribution in [1.29, 1.82) is 0 Å². The highest BCUT2D eigenvalue weighted by molar-refractivity contribution is 7.83. The summed E-state index contributed by atoms with van der Waals surface area (Å²) in [5.74, 6) is 0.499. The van der Waals surface area contributed by atoms with E-state index in [-0.39, 0.29) is 5.97 Å². The number of rotatable bonds is 11. The summed E-state index contributed by atoms with van der Waals surface area (Å²) in [6, 6.07) is 4.01. The lowest BCUT2D eigenvalue weighted by molar-refractivity contribution is 0.0530. The Hall–Kier alpha value is -1.70. The summed E-state index contributed by atoms with van der Waals surface area (Å²) >= 11 is 5.92. The van der Waals surface area contributed by atoms with Gasteiger partial charge in [-0.1, -0.05) is 32.9 Å². The highest BCUT2D eigenvalue weighted by atomic mass is 32.1. The van der Waals surface area contributed by atoms with E-state index >= 15 is 0 Å². The van der Waals surface area contributed by atoms with Crippen LogP contribution in [0, 0.1) is 0 Å². The van der Waals surface area contributed by atoms with Gasteiger partial charge in [-0.25, -0.2) is 4.79 Å². The van der Waals surface area contributed by atoms with Gasteiger partial charge in [0.1, 0.15) is 22.9 Å². The summed E-state index contributed by atoms with van der Waals surface area (Å²) in [4.78, 5) is 14.9. The van der Waals surface area contributed by atoms with E-state index in [4.69, 9.17) is 9.47 Å². The Balaban J connectivity index is 2.58. The standard InChI is InChI=1S/C22H32N2O3S2/c1-6-15(14-28)16-10-11-17-18(22(25)26-9-4)21(23-5)29-20(17)19(16)27-13-12-24(7-2)8-3/h10-11,14,23,28H,6-9,12-13H2,1-5H3/b15-14+. The molecule has 0 saturated carbocycles. The number of allylic oxidation sites excluding steroid dienone is 1. The number of likely N-dealkylation sites (N-methyl/N-ethyl adjacent to an activating group) is 1. The molecule has 0 radical (unpaired) electrons. The van der Waals surface area contributed by atoms with Crippen molar-refractivity contribution in [3.63, 3.8) is 0 Å². The SMILES string of the molecule is CCOC(=O)c1c(NC)sc2c(OCCN(CC)CC)c(/C(=C/S)CC)ccc12. The van der Waals surface area contributed by atoms with Gasteiger partial charge in [-0.3, -0.25) is 0 Å². The van der Waals surface area contributed by atoms with Gasteiger partial charge in [0.15, 0.2) is 0 Å². The highest BCUT2D eigenvalue weighted by Gasteiger charge is 2.24. The average molecular weight is 437 g/mol. The molecular formula is C22H32N2O3S2. The predicted octanol–water partition coefficient (Wildman–Crippen LogP) is 5.52. The maximum atomic E-state index is 12.6. The largest absolute Gasteiger partial charge is 0.490 e. The van der Waals surface area contributed by atoms with Gasteiger partial charge in [0.05, 0.1) is 11.3 Å². The fourth-order valence-corrected chi connectivity index (χ4v) is 4.75. The van der Waals surface area contributed by atoms with Gasteiger partial charge in [0.25, 0.3) is 0 Å². The number of ether oxygens (including phenoxy) is 2. The van der Waals surface area contributed by atoms with Crippen molar-refractivity contribution in [2.75, 3.05) is 45.2 Å². The van der Waals surface area contributed by atoms with Gasteiger partial charge >= 0.3 is 5.97 Å². The third-order valence-electron chi connectivity index (χ3n) is 4.95. The molecule has 0 atom stereocenters. The quantitative estimate of drug-likeness (QED) is 0.359. The molecule has 0 fully saturated rings. The molecule has 1 aromatic heterocycles. The highest BCUT2D eigenvalue weighted by Crippen LogP contribution is 2.45. The van der Waals surface area contributed by atoms with Gasteiger partial charge in [-0.05, 0) is 37.4 Å². The second-order valence-electron chi connectivity index (χ2n) is 6.48. The van der Waals surface area contributed by atoms with E-state index in [1.54, 1.807) is 0 Å². The van der Waals surface area contributed by atoms with Crippen molar-refractivity contribution < 1.29 is 14.3 Å². The topological polar surface area (TPSA) is 50.8 Å². The lowest BCUT2D eigenvalue weighted by Gasteiger charge is -2.20. The fourth-order valence-electron chi connectivity index (χ4n) is 3.28. The maximum Gasteiger partial charge on any atom is 0.341 e. The number of thiol groups is 1. The molecule has 0 saturated heterocycles. The first-order valence-electron chi connectivity index (χ1n) is 10.2. The van der Waals surface area contributed by atoms with E-state index in [0.29, 0.717) is 18.8 Å². The molecule has 1 heterocycles. The number of carbonyl (C=O) groups is 1. The number of hydrogen-bond donors (Lipinski definition) is 2. The Labute approximate surface area is 183 Å². The molecule has 2 rings (SSSR count). The number of esters is 1. The van der Waals surface area contributed by atoms with Crippen molar-refractivity contribution in [3.05, 3.63) is 28.7 Å². The van der Waals surface area contributed by atoms with Gasteiger partial charge in [0, 0.05) is 24.5 Å². The van der Waals surface area contributed by atoms with Crippen LogP contribution in [0.3, 0.4) is 0 Å². The molecule has 0 amide bonds. The van der Waals surface area contributed by atoms with Crippen molar-refractivity contribution >= 4 is 50.6 Å². The predicted molar refractivity (Wildman–Crippen MR) is 128 cm³/mol. The average Bonchev–Trinajstić information content (AvgIpc) is 3.12. The van der Waals surface area contributed by atoms with Gasteiger partial charge < -0.3 is 19.7 Å².